The van der Waals surface area contributed by atoms with Crippen molar-refractivity contribution in [2.75, 3.05) is 39.6 Å². The molecule has 0 aliphatic heterocycles. The Balaban J connectivity index is 1.54. The van der Waals surface area contributed by atoms with Crippen molar-refractivity contribution in [1.29, 1.82) is 0 Å². The number of nitrogens with zero attached hydrogens (tertiary/aromatic N) is 4. The lowest BCUT2D eigenvalue weighted by atomic mass is 10.1. The number of ether oxygens (including phenoxy) is 1. The summed E-state index contributed by atoms with van der Waals surface area (Å²) in [5.74, 6) is 1.14. The quantitative estimate of drug-likeness (QED) is 0.446. The zero-order chi connectivity index (χ0) is 22.5. The van der Waals surface area contributed by atoms with Crippen LogP contribution in [0.15, 0.2) is 66.7 Å². The molecule has 0 radical (unpaired) electrons. The predicted molar refractivity (Wildman–Crippen MR) is 126 cm³/mol. The van der Waals surface area contributed by atoms with Crippen molar-refractivity contribution < 1.29 is 9.53 Å². The average molecular weight is 431 g/mol. The molecule has 0 atom stereocenters. The van der Waals surface area contributed by atoms with Crippen LogP contribution in [-0.2, 0) is 0 Å². The molecular weight excluding hydrogens is 404 g/mol. The highest BCUT2D eigenvalue weighted by atomic mass is 16.5. The minimum absolute atomic E-state index is 0.111. The molecule has 2 aromatic carbocycles. The molecule has 8 heteroatoms. The minimum atomic E-state index is -0.111. The fraction of sp³-hybridized carbons (Fsp3) is 0.208. The fourth-order valence-corrected chi connectivity index (χ4v) is 3.30. The number of carbonyl (C=O) groups excluding carboxylic acids is 1. The van der Waals surface area contributed by atoms with Gasteiger partial charge >= 0.3 is 0 Å². The summed E-state index contributed by atoms with van der Waals surface area (Å²) in [6.45, 7) is 1.37. The number of aromatic nitrogens is 3. The number of nitrogens with one attached hydrogen (secondary N) is 2. The first-order chi connectivity index (χ1) is 15.5. The fourth-order valence-electron chi connectivity index (χ4n) is 3.30. The van der Waals surface area contributed by atoms with Crippen molar-refractivity contribution in [3.63, 3.8) is 0 Å². The first-order valence-electron chi connectivity index (χ1n) is 10.3. The van der Waals surface area contributed by atoms with E-state index in [0.717, 1.165) is 34.9 Å². The van der Waals surface area contributed by atoms with Gasteiger partial charge in [-0.2, -0.15) is 4.98 Å². The number of rotatable bonds is 8. The first-order valence-corrected chi connectivity index (χ1v) is 10.3. The minimum Gasteiger partial charge on any atom is -0.497 e. The van der Waals surface area contributed by atoms with Gasteiger partial charge < -0.3 is 20.3 Å². The molecule has 0 aliphatic carbocycles. The summed E-state index contributed by atoms with van der Waals surface area (Å²) in [6.07, 6.45) is 0. The van der Waals surface area contributed by atoms with E-state index < -0.39 is 0 Å². The second-order valence-corrected chi connectivity index (χ2v) is 7.61. The van der Waals surface area contributed by atoms with Crippen LogP contribution >= 0.6 is 0 Å². The van der Waals surface area contributed by atoms with Crippen molar-refractivity contribution in [1.82, 2.24) is 24.8 Å². The van der Waals surface area contributed by atoms with E-state index in [4.69, 9.17) is 4.74 Å². The number of carbonyl (C=O) groups is 1. The summed E-state index contributed by atoms with van der Waals surface area (Å²) >= 11 is 0. The van der Waals surface area contributed by atoms with Crippen molar-refractivity contribution >= 4 is 23.2 Å². The Morgan fingerprint density at radius 1 is 1.06 bits per heavy atom. The highest BCUT2D eigenvalue weighted by Gasteiger charge is 2.11. The lowest BCUT2D eigenvalue weighted by Crippen LogP contribution is -2.31. The van der Waals surface area contributed by atoms with E-state index >= 15 is 0 Å². The molecule has 0 fully saturated rings. The average Bonchev–Trinajstić information content (AvgIpc) is 3.21. The van der Waals surface area contributed by atoms with Gasteiger partial charge in [0.15, 0.2) is 5.65 Å². The molecule has 32 heavy (non-hydrogen) atoms. The van der Waals surface area contributed by atoms with Crippen LogP contribution in [0.3, 0.4) is 0 Å². The van der Waals surface area contributed by atoms with E-state index in [9.17, 15) is 4.79 Å². The van der Waals surface area contributed by atoms with E-state index in [1.54, 1.807) is 23.8 Å². The summed E-state index contributed by atoms with van der Waals surface area (Å²) in [5.41, 5.74) is 3.96. The van der Waals surface area contributed by atoms with Crippen molar-refractivity contribution in [3.8, 4) is 17.0 Å². The van der Waals surface area contributed by atoms with Gasteiger partial charge in [0.2, 0.25) is 5.95 Å². The number of hydrogen-bond donors (Lipinski definition) is 2. The molecule has 4 aromatic rings. The second kappa shape index (κ2) is 9.49. The van der Waals surface area contributed by atoms with Gasteiger partial charge in [0.25, 0.3) is 5.91 Å². The van der Waals surface area contributed by atoms with Crippen LogP contribution < -0.4 is 15.4 Å². The van der Waals surface area contributed by atoms with E-state index in [2.05, 4.69) is 20.7 Å². The molecule has 0 unspecified atom stereocenters. The van der Waals surface area contributed by atoms with E-state index in [0.29, 0.717) is 18.1 Å². The van der Waals surface area contributed by atoms with Crippen LogP contribution in [0.25, 0.3) is 16.9 Å². The molecule has 2 N–H and O–H groups in total. The highest BCUT2D eigenvalue weighted by Crippen LogP contribution is 2.24. The molecule has 0 spiro atoms. The van der Waals surface area contributed by atoms with Gasteiger partial charge in [0, 0.05) is 29.9 Å². The number of amides is 1. The van der Waals surface area contributed by atoms with Crippen molar-refractivity contribution in [2.24, 2.45) is 0 Å². The SMILES string of the molecule is COc1ccc(-c2cccc3nc(Nc4cccc(C(=O)NCCN(C)C)c4)nn23)cc1. The Morgan fingerprint density at radius 3 is 2.59 bits per heavy atom. The maximum absolute atomic E-state index is 12.4. The zero-order valence-corrected chi connectivity index (χ0v) is 18.4. The van der Waals surface area contributed by atoms with E-state index in [1.807, 2.05) is 73.6 Å². The number of methoxy groups -OCH3 is 1. The van der Waals surface area contributed by atoms with Gasteiger partial charge in [-0.1, -0.05) is 12.1 Å². The Bertz CT molecular complexity index is 1220. The normalized spacial score (nSPS) is 11.0. The lowest BCUT2D eigenvalue weighted by molar-refractivity contribution is 0.0951. The third kappa shape index (κ3) is 4.87. The van der Waals surface area contributed by atoms with Gasteiger partial charge in [-0.05, 0) is 68.7 Å². The summed E-state index contributed by atoms with van der Waals surface area (Å²) in [6, 6.07) is 20.9. The number of anilines is 2. The molecule has 0 aliphatic rings. The molecular formula is C24H26N6O2. The Morgan fingerprint density at radius 2 is 1.84 bits per heavy atom. The summed E-state index contributed by atoms with van der Waals surface area (Å²) < 4.78 is 7.04. The van der Waals surface area contributed by atoms with E-state index in [1.165, 1.54) is 0 Å². The molecule has 8 nitrogen and oxygen atoms in total. The molecule has 0 saturated carbocycles. The van der Waals surface area contributed by atoms with E-state index in [-0.39, 0.29) is 5.91 Å². The Labute approximate surface area is 186 Å². The molecule has 4 rings (SSSR count). The van der Waals surface area contributed by atoms with Gasteiger partial charge in [-0.25, -0.2) is 4.52 Å². The molecule has 1 amide bonds. The highest BCUT2D eigenvalue weighted by molar-refractivity contribution is 5.95. The van der Waals surface area contributed by atoms with Crippen LogP contribution in [-0.4, -0.2) is 59.7 Å². The van der Waals surface area contributed by atoms with Gasteiger partial charge in [-0.3, -0.25) is 4.79 Å². The Hall–Kier alpha value is -3.91. The Kier molecular flexibility index (Phi) is 6.32. The monoisotopic (exact) mass is 430 g/mol. The second-order valence-electron chi connectivity index (χ2n) is 7.61. The lowest BCUT2D eigenvalue weighted by Gasteiger charge is -2.11. The molecule has 2 aromatic heterocycles. The van der Waals surface area contributed by atoms with Crippen LogP contribution in [0.2, 0.25) is 0 Å². The van der Waals surface area contributed by atoms with Crippen LogP contribution in [0, 0.1) is 0 Å². The number of fused-ring (bicyclic) bond motifs is 1. The topological polar surface area (TPSA) is 83.8 Å². The standard InChI is InChI=1S/C24H26N6O2/c1-29(2)15-14-25-23(31)18-6-4-7-19(16-18)26-24-27-22-9-5-8-21(30(22)28-24)17-10-12-20(32-3)13-11-17/h4-13,16H,14-15H2,1-3H3,(H,25,31)(H,26,28). The zero-order valence-electron chi connectivity index (χ0n) is 18.4. The summed E-state index contributed by atoms with van der Waals surface area (Å²) in [4.78, 5) is 19.0. The molecule has 164 valence electrons. The summed E-state index contributed by atoms with van der Waals surface area (Å²) in [5, 5.41) is 10.8. The third-order valence-electron chi connectivity index (χ3n) is 4.97. The van der Waals surface area contributed by atoms with Gasteiger partial charge in [0.05, 0.1) is 12.8 Å². The van der Waals surface area contributed by atoms with Crippen LogP contribution in [0.5, 0.6) is 5.75 Å². The van der Waals surface area contributed by atoms with Crippen molar-refractivity contribution in [2.45, 2.75) is 0 Å². The van der Waals surface area contributed by atoms with Crippen LogP contribution in [0.1, 0.15) is 10.4 Å². The first kappa shape index (κ1) is 21.3. The maximum Gasteiger partial charge on any atom is 0.251 e. The largest absolute Gasteiger partial charge is 0.497 e. The predicted octanol–water partition coefficient (Wildman–Crippen LogP) is 3.44. The molecule has 2 heterocycles. The van der Waals surface area contributed by atoms with Gasteiger partial charge in [0.1, 0.15) is 5.75 Å². The smallest absolute Gasteiger partial charge is 0.251 e. The number of hydrogen-bond acceptors (Lipinski definition) is 6. The molecule has 0 saturated heterocycles. The number of likely N-dealkylation sites (N-methyl/N-ethyl adjacent to an activating group) is 1. The molecule has 0 bridgehead atoms. The van der Waals surface area contributed by atoms with Crippen molar-refractivity contribution in [3.05, 3.63) is 72.3 Å². The number of benzene rings is 2. The maximum atomic E-state index is 12.4. The summed E-state index contributed by atoms with van der Waals surface area (Å²) in [7, 11) is 5.59. The van der Waals surface area contributed by atoms with Crippen LogP contribution in [0.4, 0.5) is 11.6 Å². The number of pyridine rings is 1. The third-order valence-corrected chi connectivity index (χ3v) is 4.97. The van der Waals surface area contributed by atoms with Gasteiger partial charge in [-0.15, -0.1) is 5.10 Å².